The van der Waals surface area contributed by atoms with Gasteiger partial charge in [-0.3, -0.25) is 0 Å². The van der Waals surface area contributed by atoms with E-state index in [2.05, 4.69) is 4.74 Å². The molecule has 3 aromatic rings. The first-order valence-corrected chi connectivity index (χ1v) is 7.96. The van der Waals surface area contributed by atoms with Crippen LogP contribution in [0.3, 0.4) is 0 Å². The Morgan fingerprint density at radius 1 is 1.11 bits per heavy atom. The Morgan fingerprint density at radius 3 is 2.48 bits per heavy atom. The van der Waals surface area contributed by atoms with Crippen LogP contribution in [-0.4, -0.2) is 18.2 Å². The smallest absolute Gasteiger partial charge is 0.412 e. The molecule has 6 nitrogen and oxygen atoms in total. The molecule has 140 valence electrons. The summed E-state index contributed by atoms with van der Waals surface area (Å²) in [7, 11) is 0. The van der Waals surface area contributed by atoms with Crippen molar-refractivity contribution >= 4 is 23.0 Å². The lowest BCUT2D eigenvalue weighted by Gasteiger charge is -2.09. The van der Waals surface area contributed by atoms with E-state index in [4.69, 9.17) is 14.9 Å². The summed E-state index contributed by atoms with van der Waals surface area (Å²) in [5, 5.41) is 0.234. The summed E-state index contributed by atoms with van der Waals surface area (Å²) in [6.45, 7) is 3.64. The molecule has 0 aliphatic heterocycles. The van der Waals surface area contributed by atoms with Crippen molar-refractivity contribution in [1.29, 1.82) is 0 Å². The quantitative estimate of drug-likeness (QED) is 0.539. The first-order chi connectivity index (χ1) is 12.8. The van der Waals surface area contributed by atoms with Gasteiger partial charge in [-0.25, -0.2) is 18.4 Å². The summed E-state index contributed by atoms with van der Waals surface area (Å²) in [6, 6.07) is 7.43. The number of hydrogen-bond acceptors (Lipinski definition) is 5. The third-order valence-corrected chi connectivity index (χ3v) is 3.60. The lowest BCUT2D eigenvalue weighted by molar-refractivity contribution is 0.0640. The molecule has 0 saturated carbocycles. The number of ether oxygens (including phenoxy) is 2. The van der Waals surface area contributed by atoms with Crippen LogP contribution in [0.15, 0.2) is 40.8 Å². The number of carbonyl (C=O) groups is 2. The van der Waals surface area contributed by atoms with Gasteiger partial charge in [0.15, 0.2) is 5.76 Å². The van der Waals surface area contributed by atoms with Gasteiger partial charge in [0.2, 0.25) is 0 Å². The molecule has 1 amide bonds. The molecule has 0 saturated heterocycles. The largest absolute Gasteiger partial charge is 0.491 e. The van der Waals surface area contributed by atoms with E-state index in [1.807, 2.05) is 13.8 Å². The molecular formula is C19H15F2NO5. The Balaban J connectivity index is 2.25. The fourth-order valence-corrected chi connectivity index (χ4v) is 2.63. The molecule has 8 heteroatoms. The van der Waals surface area contributed by atoms with Crippen LogP contribution in [0.4, 0.5) is 13.6 Å². The third kappa shape index (κ3) is 3.74. The van der Waals surface area contributed by atoms with Gasteiger partial charge in [0.05, 0.1) is 11.7 Å². The maximum Gasteiger partial charge on any atom is 0.412 e. The average Bonchev–Trinajstić information content (AvgIpc) is 2.92. The molecule has 3 rings (SSSR count). The average molecular weight is 375 g/mol. The SMILES string of the molecule is CC(C)Oc1ccc2oc(-c3ccc(F)cc3F)c(C(=O)OC(N)=O)c2c1. The molecule has 0 bridgehead atoms. The first-order valence-electron chi connectivity index (χ1n) is 7.96. The first kappa shape index (κ1) is 18.4. The van der Waals surface area contributed by atoms with E-state index in [0.717, 1.165) is 12.1 Å². The zero-order valence-corrected chi connectivity index (χ0v) is 14.4. The van der Waals surface area contributed by atoms with Gasteiger partial charge in [0, 0.05) is 11.5 Å². The maximum absolute atomic E-state index is 14.3. The molecule has 0 atom stereocenters. The van der Waals surface area contributed by atoms with Crippen LogP contribution in [0.25, 0.3) is 22.3 Å². The summed E-state index contributed by atoms with van der Waals surface area (Å²) >= 11 is 0. The van der Waals surface area contributed by atoms with E-state index < -0.39 is 23.7 Å². The number of amides is 1. The zero-order valence-electron chi connectivity index (χ0n) is 14.4. The van der Waals surface area contributed by atoms with E-state index >= 15 is 0 Å². The van der Waals surface area contributed by atoms with Crippen molar-refractivity contribution in [3.05, 3.63) is 53.6 Å². The molecule has 0 aliphatic rings. The number of nitrogens with two attached hydrogens (primary N) is 1. The lowest BCUT2D eigenvalue weighted by Crippen LogP contribution is -2.18. The van der Waals surface area contributed by atoms with E-state index in [9.17, 15) is 18.4 Å². The van der Waals surface area contributed by atoms with E-state index in [0.29, 0.717) is 11.8 Å². The number of rotatable bonds is 4. The van der Waals surface area contributed by atoms with Crippen LogP contribution in [0.1, 0.15) is 24.2 Å². The zero-order chi connectivity index (χ0) is 19.7. The topological polar surface area (TPSA) is 91.8 Å². The van der Waals surface area contributed by atoms with Crippen molar-refractivity contribution in [2.24, 2.45) is 5.73 Å². The van der Waals surface area contributed by atoms with Gasteiger partial charge in [0.25, 0.3) is 0 Å². The second-order valence-electron chi connectivity index (χ2n) is 5.96. The molecule has 0 spiro atoms. The minimum Gasteiger partial charge on any atom is -0.491 e. The van der Waals surface area contributed by atoms with Gasteiger partial charge >= 0.3 is 12.1 Å². The highest BCUT2D eigenvalue weighted by Crippen LogP contribution is 2.37. The summed E-state index contributed by atoms with van der Waals surface area (Å²) < 4.78 is 43.1. The van der Waals surface area contributed by atoms with Crippen LogP contribution >= 0.6 is 0 Å². The summed E-state index contributed by atoms with van der Waals surface area (Å²) in [4.78, 5) is 23.4. The number of primary amides is 1. The van der Waals surface area contributed by atoms with Crippen LogP contribution < -0.4 is 10.5 Å². The predicted molar refractivity (Wildman–Crippen MR) is 92.3 cm³/mol. The van der Waals surface area contributed by atoms with Crippen molar-refractivity contribution in [2.75, 3.05) is 0 Å². The molecule has 0 fully saturated rings. The second-order valence-corrected chi connectivity index (χ2v) is 5.96. The molecular weight excluding hydrogens is 360 g/mol. The number of hydrogen-bond donors (Lipinski definition) is 1. The highest BCUT2D eigenvalue weighted by Gasteiger charge is 2.27. The van der Waals surface area contributed by atoms with Crippen LogP contribution in [0.5, 0.6) is 5.75 Å². The number of esters is 1. The lowest BCUT2D eigenvalue weighted by atomic mass is 10.0. The summed E-state index contributed by atoms with van der Waals surface area (Å²) in [5.74, 6) is -2.64. The highest BCUT2D eigenvalue weighted by molar-refractivity contribution is 6.11. The van der Waals surface area contributed by atoms with Gasteiger partial charge < -0.3 is 19.6 Å². The fraction of sp³-hybridized carbons (Fsp3) is 0.158. The third-order valence-electron chi connectivity index (χ3n) is 3.60. The van der Waals surface area contributed by atoms with Crippen LogP contribution in [0, 0.1) is 11.6 Å². The molecule has 2 aromatic carbocycles. The van der Waals surface area contributed by atoms with Crippen molar-refractivity contribution in [3.63, 3.8) is 0 Å². The van der Waals surface area contributed by atoms with E-state index in [1.165, 1.54) is 12.1 Å². The van der Waals surface area contributed by atoms with Gasteiger partial charge in [0.1, 0.15) is 28.5 Å². The van der Waals surface area contributed by atoms with Gasteiger partial charge in [-0.05, 0) is 44.2 Å². The Labute approximate surface area is 152 Å². The standard InChI is InChI=1S/C19H15F2NO5/c1-9(2)25-11-4-6-15-13(8-11)16(18(23)27-19(22)24)17(26-15)12-5-3-10(20)7-14(12)21/h3-9H,1-2H3,(H2,22,24). The number of furan rings is 1. The van der Waals surface area contributed by atoms with E-state index in [1.54, 1.807) is 6.07 Å². The van der Waals surface area contributed by atoms with Gasteiger partial charge in [-0.1, -0.05) is 0 Å². The number of fused-ring (bicyclic) bond motifs is 1. The van der Waals surface area contributed by atoms with Gasteiger partial charge in [-0.2, -0.15) is 0 Å². The van der Waals surface area contributed by atoms with Crippen molar-refractivity contribution in [1.82, 2.24) is 0 Å². The summed E-state index contributed by atoms with van der Waals surface area (Å²) in [6.07, 6.45) is -1.46. The maximum atomic E-state index is 14.3. The minimum atomic E-state index is -1.32. The number of benzene rings is 2. The fourth-order valence-electron chi connectivity index (χ4n) is 2.63. The molecule has 2 N–H and O–H groups in total. The Bertz CT molecular complexity index is 1040. The summed E-state index contributed by atoms with van der Waals surface area (Å²) in [5.41, 5.74) is 4.75. The number of carbonyl (C=O) groups excluding carboxylic acids is 2. The highest BCUT2D eigenvalue weighted by atomic mass is 19.1. The molecule has 0 unspecified atom stereocenters. The van der Waals surface area contributed by atoms with Crippen molar-refractivity contribution < 1.29 is 32.3 Å². The Morgan fingerprint density at radius 2 is 1.85 bits per heavy atom. The molecule has 1 aromatic heterocycles. The van der Waals surface area contributed by atoms with Crippen molar-refractivity contribution in [2.45, 2.75) is 20.0 Å². The monoisotopic (exact) mass is 375 g/mol. The molecule has 0 aliphatic carbocycles. The van der Waals surface area contributed by atoms with E-state index in [-0.39, 0.29) is 34.0 Å². The Kier molecular flexibility index (Phi) is 4.81. The minimum absolute atomic E-state index is 0.135. The normalized spacial score (nSPS) is 11.0. The predicted octanol–water partition coefficient (Wildman–Crippen LogP) is 4.40. The molecule has 0 radical (unpaired) electrons. The second kappa shape index (κ2) is 7.06. The van der Waals surface area contributed by atoms with Gasteiger partial charge in [-0.15, -0.1) is 0 Å². The number of halogens is 2. The molecule has 27 heavy (non-hydrogen) atoms. The molecule has 1 heterocycles. The van der Waals surface area contributed by atoms with Crippen LogP contribution in [-0.2, 0) is 4.74 Å². The Hall–Kier alpha value is -3.42. The van der Waals surface area contributed by atoms with Crippen LogP contribution in [0.2, 0.25) is 0 Å². The van der Waals surface area contributed by atoms with Crippen molar-refractivity contribution in [3.8, 4) is 17.1 Å².